The Morgan fingerprint density at radius 2 is 1.95 bits per heavy atom. The third kappa shape index (κ3) is 5.78. The van der Waals surface area contributed by atoms with Crippen LogP contribution in [0.4, 0.5) is 11.6 Å². The number of anilines is 2. The van der Waals surface area contributed by atoms with Gasteiger partial charge in [-0.3, -0.25) is 18.9 Å². The van der Waals surface area contributed by atoms with E-state index in [1.54, 1.807) is 6.07 Å². The standard InChI is InChI=1S/C18H22N6O12P2/c1-23-7-24(14-11(23)15(26)22-18(20)21-14)16-13(35-17(27)8-4-2-3-5-9(8)19)12(25)10(34-16)6-33-38(31,32)36-37(28,29)30/h2-5,7,10,12-13,16,25H,6H2,1H3,(H7-,19,20,21,22,26,27,28,29,30,31,32)/p+1/t10-,12-,13-,16-/m1/s1. The number of nitrogens with one attached hydrogen (secondary N) is 1. The molecule has 1 saturated heterocycles. The van der Waals surface area contributed by atoms with Crippen LogP contribution in [-0.2, 0) is 34.5 Å². The number of aliphatic hydroxyl groups excluding tert-OH is 1. The second-order valence-electron chi connectivity index (χ2n) is 8.11. The highest BCUT2D eigenvalue weighted by Crippen LogP contribution is 2.57. The summed E-state index contributed by atoms with van der Waals surface area (Å²) in [6.45, 7) is -0.936. The van der Waals surface area contributed by atoms with Crippen LogP contribution in [0.15, 0.2) is 35.4 Å². The number of imidazole rings is 1. The average Bonchev–Trinajstić information content (AvgIpc) is 3.27. The van der Waals surface area contributed by atoms with Gasteiger partial charge in [-0.15, -0.1) is 0 Å². The fourth-order valence-electron chi connectivity index (χ4n) is 3.86. The molecule has 1 aromatic carbocycles. The highest BCUT2D eigenvalue weighted by Gasteiger charge is 2.51. The number of hydrogen-bond acceptors (Lipinski definition) is 12. The number of aromatic amines is 1. The topological polar surface area (TPSA) is 276 Å². The molecule has 1 aliphatic rings. The molecule has 2 aromatic heterocycles. The SMILES string of the molecule is Cn1c[n+]([C@@H]2O[C@H](COP(=O)(O)OP(=O)(O)O)[C@@H](O)[C@H]2OC(=O)c2ccccc2N)c2nc(N)[nH]c(=O)c21. The van der Waals surface area contributed by atoms with Gasteiger partial charge in [0.2, 0.25) is 11.7 Å². The number of hydrogen-bond donors (Lipinski definition) is 7. The van der Waals surface area contributed by atoms with E-state index in [2.05, 4.69) is 18.8 Å². The molecule has 0 radical (unpaired) electrons. The molecular weight excluding hydrogens is 554 g/mol. The van der Waals surface area contributed by atoms with Crippen molar-refractivity contribution < 1.29 is 56.6 Å². The quantitative estimate of drug-likeness (QED) is 0.0689. The summed E-state index contributed by atoms with van der Waals surface area (Å²) in [5, 5.41) is 11.0. The molecule has 4 rings (SSSR count). The lowest BCUT2D eigenvalue weighted by Gasteiger charge is -2.20. The maximum Gasteiger partial charge on any atom is 0.481 e. The first-order chi connectivity index (χ1) is 17.7. The number of esters is 1. The van der Waals surface area contributed by atoms with Crippen LogP contribution in [0.1, 0.15) is 16.6 Å². The Kier molecular flexibility index (Phi) is 7.46. The van der Waals surface area contributed by atoms with E-state index in [0.29, 0.717) is 0 Å². The monoisotopic (exact) mass is 577 g/mol. The van der Waals surface area contributed by atoms with Crippen LogP contribution in [-0.4, -0.2) is 65.2 Å². The van der Waals surface area contributed by atoms with Crippen molar-refractivity contribution in [1.29, 1.82) is 0 Å². The Bertz CT molecular complexity index is 1540. The van der Waals surface area contributed by atoms with Gasteiger partial charge in [-0.1, -0.05) is 17.1 Å². The maximum absolute atomic E-state index is 12.9. The Morgan fingerprint density at radius 3 is 2.61 bits per heavy atom. The van der Waals surface area contributed by atoms with Crippen LogP contribution in [0.25, 0.3) is 11.2 Å². The summed E-state index contributed by atoms with van der Waals surface area (Å²) < 4.78 is 45.0. The van der Waals surface area contributed by atoms with Gasteiger partial charge in [-0.05, 0) is 12.1 Å². The number of carbonyl (C=O) groups excluding carboxylic acids is 1. The number of phosphoric ester groups is 1. The van der Waals surface area contributed by atoms with Crippen LogP contribution in [0.3, 0.4) is 0 Å². The molecule has 1 unspecified atom stereocenters. The number of H-pyrrole nitrogens is 1. The minimum atomic E-state index is -5.41. The van der Waals surface area contributed by atoms with E-state index in [0.717, 1.165) is 0 Å². The predicted molar refractivity (Wildman–Crippen MR) is 125 cm³/mol. The Labute approximate surface area is 212 Å². The molecule has 0 bridgehead atoms. The molecule has 9 N–H and O–H groups in total. The maximum atomic E-state index is 12.9. The van der Waals surface area contributed by atoms with Crippen LogP contribution in [0, 0.1) is 0 Å². The van der Waals surface area contributed by atoms with Gasteiger partial charge < -0.3 is 40.7 Å². The smallest absolute Gasteiger partial charge is 0.449 e. The van der Waals surface area contributed by atoms with Crippen molar-refractivity contribution in [2.75, 3.05) is 18.1 Å². The molecule has 1 aliphatic heterocycles. The number of aromatic nitrogens is 4. The lowest BCUT2D eigenvalue weighted by Crippen LogP contribution is -2.48. The van der Waals surface area contributed by atoms with E-state index >= 15 is 0 Å². The largest absolute Gasteiger partial charge is 0.481 e. The number of nitrogen functional groups attached to an aromatic ring is 2. The van der Waals surface area contributed by atoms with Crippen LogP contribution in [0.2, 0.25) is 0 Å². The Hall–Kier alpha value is -3.18. The number of para-hydroxylation sites is 1. The average molecular weight is 577 g/mol. The highest BCUT2D eigenvalue weighted by atomic mass is 31.3. The Balaban J connectivity index is 1.70. The van der Waals surface area contributed by atoms with E-state index in [9.17, 15) is 28.7 Å². The fourth-order valence-corrected chi connectivity index (χ4v) is 5.46. The van der Waals surface area contributed by atoms with Crippen LogP contribution < -0.4 is 21.6 Å². The molecule has 5 atom stereocenters. The molecule has 18 nitrogen and oxygen atoms in total. The molecule has 3 heterocycles. The molecular formula is C18H23N6O12P2+. The van der Waals surface area contributed by atoms with Crippen molar-refractivity contribution >= 4 is 44.4 Å². The van der Waals surface area contributed by atoms with E-state index in [4.69, 9.17) is 30.7 Å². The third-order valence-electron chi connectivity index (χ3n) is 5.41. The number of rotatable bonds is 8. The van der Waals surface area contributed by atoms with Crippen molar-refractivity contribution in [2.45, 2.75) is 24.5 Å². The fraction of sp³-hybridized carbons (Fsp3) is 0.333. The van der Waals surface area contributed by atoms with Crippen molar-refractivity contribution in [3.63, 3.8) is 0 Å². The van der Waals surface area contributed by atoms with Crippen molar-refractivity contribution in [3.05, 3.63) is 46.5 Å². The third-order valence-corrected chi connectivity index (χ3v) is 7.56. The van der Waals surface area contributed by atoms with Gasteiger partial charge in [0.1, 0.15) is 12.2 Å². The Morgan fingerprint density at radius 1 is 1.26 bits per heavy atom. The zero-order valence-electron chi connectivity index (χ0n) is 19.3. The summed E-state index contributed by atoms with van der Waals surface area (Å²) in [6, 6.07) is 5.94. The second-order valence-corrected chi connectivity index (χ2v) is 10.9. The number of aliphatic hydroxyl groups is 1. The number of nitrogens with zero attached hydrogens (tertiary/aromatic N) is 3. The number of aryl methyl sites for hydroxylation is 1. The number of benzene rings is 1. The summed E-state index contributed by atoms with van der Waals surface area (Å²) >= 11 is 0. The van der Waals surface area contributed by atoms with Gasteiger partial charge in [0.05, 0.1) is 19.2 Å². The van der Waals surface area contributed by atoms with Gasteiger partial charge in [0.15, 0.2) is 12.4 Å². The number of nitrogens with two attached hydrogens (primary N) is 2. The predicted octanol–water partition coefficient (Wildman–Crippen LogP) is -1.58. The van der Waals surface area contributed by atoms with E-state index in [-0.39, 0.29) is 28.4 Å². The minimum absolute atomic E-state index is 0.0227. The van der Waals surface area contributed by atoms with Crippen LogP contribution in [0.5, 0.6) is 0 Å². The van der Waals surface area contributed by atoms with E-state index < -0.39 is 58.3 Å². The zero-order valence-corrected chi connectivity index (χ0v) is 21.1. The first-order valence-electron chi connectivity index (χ1n) is 10.6. The summed E-state index contributed by atoms with van der Waals surface area (Å²) in [4.78, 5) is 58.9. The van der Waals surface area contributed by atoms with Gasteiger partial charge in [-0.25, -0.2) is 18.5 Å². The molecule has 3 aromatic rings. The molecule has 38 heavy (non-hydrogen) atoms. The molecule has 1 fully saturated rings. The molecule has 0 amide bonds. The lowest BCUT2D eigenvalue weighted by molar-refractivity contribution is -0.745. The van der Waals surface area contributed by atoms with E-state index in [1.165, 1.54) is 40.7 Å². The number of fused-ring (bicyclic) bond motifs is 1. The first-order valence-corrected chi connectivity index (χ1v) is 13.6. The second kappa shape index (κ2) is 10.2. The lowest BCUT2D eigenvalue weighted by atomic mass is 10.1. The number of phosphoric acid groups is 2. The summed E-state index contributed by atoms with van der Waals surface area (Å²) in [5.41, 5.74) is 11.0. The summed E-state index contributed by atoms with van der Waals surface area (Å²) in [5.74, 6) is -1.20. The van der Waals surface area contributed by atoms with Gasteiger partial charge >= 0.3 is 27.3 Å². The van der Waals surface area contributed by atoms with Gasteiger partial charge in [0.25, 0.3) is 11.5 Å². The van der Waals surface area contributed by atoms with Crippen molar-refractivity contribution in [2.24, 2.45) is 7.05 Å². The van der Waals surface area contributed by atoms with Crippen molar-refractivity contribution in [1.82, 2.24) is 14.5 Å². The molecule has 20 heteroatoms. The number of carbonyl (C=O) groups is 1. The minimum Gasteiger partial charge on any atom is -0.449 e. The summed E-state index contributed by atoms with van der Waals surface area (Å²) in [7, 11) is -9.20. The normalized spacial score (nSPS) is 23.4. The molecule has 0 aliphatic carbocycles. The zero-order chi connectivity index (χ0) is 28.0. The molecule has 0 saturated carbocycles. The van der Waals surface area contributed by atoms with E-state index in [1.807, 2.05) is 0 Å². The molecule has 206 valence electrons. The molecule has 0 spiro atoms. The van der Waals surface area contributed by atoms with Gasteiger partial charge in [0, 0.05) is 5.69 Å². The first kappa shape index (κ1) is 27.8. The highest BCUT2D eigenvalue weighted by molar-refractivity contribution is 7.60. The summed E-state index contributed by atoms with van der Waals surface area (Å²) in [6.07, 6.45) is -4.82. The van der Waals surface area contributed by atoms with Crippen molar-refractivity contribution in [3.8, 4) is 0 Å². The van der Waals surface area contributed by atoms with Gasteiger partial charge in [-0.2, -0.15) is 4.31 Å². The number of ether oxygens (including phenoxy) is 2. The van der Waals surface area contributed by atoms with Crippen LogP contribution >= 0.6 is 15.6 Å².